The second-order valence-electron chi connectivity index (χ2n) is 16.4. The van der Waals surface area contributed by atoms with Gasteiger partial charge in [0, 0.05) is 28.3 Å². The smallest absolute Gasteiger partial charge is 0.0574 e. The van der Waals surface area contributed by atoms with E-state index >= 15 is 0 Å². The number of fused-ring (bicyclic) bond motifs is 8. The zero-order valence-corrected chi connectivity index (χ0v) is 33.4. The van der Waals surface area contributed by atoms with Crippen molar-refractivity contribution in [2.75, 3.05) is 0 Å². The number of hydrogen-bond acceptors (Lipinski definition) is 0. The molecule has 1 aliphatic rings. The van der Waals surface area contributed by atoms with E-state index in [1.165, 1.54) is 105 Å². The molecule has 1 aliphatic carbocycles. The monoisotopic (exact) mass is 753 g/mol. The van der Waals surface area contributed by atoms with Gasteiger partial charge in [0.25, 0.3) is 0 Å². The lowest BCUT2D eigenvalue weighted by molar-refractivity contribution is 0.660. The molecule has 59 heavy (non-hydrogen) atoms. The van der Waals surface area contributed by atoms with Crippen molar-refractivity contribution in [2.24, 2.45) is 0 Å². The minimum atomic E-state index is -0.0139. The predicted octanol–water partition coefficient (Wildman–Crippen LogP) is 15.4. The second-order valence-corrected chi connectivity index (χ2v) is 16.4. The van der Waals surface area contributed by atoms with Crippen LogP contribution in [0.25, 0.3) is 82.7 Å². The fourth-order valence-corrected chi connectivity index (χ4v) is 9.79. The van der Waals surface area contributed by atoms with Crippen LogP contribution in [0.1, 0.15) is 36.1 Å². The number of allylic oxidation sites excluding steroid dienone is 1. The molecular weight excluding hydrogens is 711 g/mol. The third-order valence-electron chi connectivity index (χ3n) is 12.7. The van der Waals surface area contributed by atoms with Gasteiger partial charge in [0.1, 0.15) is 0 Å². The summed E-state index contributed by atoms with van der Waals surface area (Å²) in [6.45, 7) is 5.40. The van der Waals surface area contributed by atoms with Gasteiger partial charge in [-0.15, -0.1) is 0 Å². The van der Waals surface area contributed by atoms with Gasteiger partial charge in [-0.3, -0.25) is 0 Å². The molecule has 10 aromatic rings. The van der Waals surface area contributed by atoms with Crippen molar-refractivity contribution in [1.82, 2.24) is 4.57 Å². The molecule has 0 saturated heterocycles. The molecule has 0 fully saturated rings. The van der Waals surface area contributed by atoms with E-state index < -0.39 is 0 Å². The minimum absolute atomic E-state index is 0.0139. The van der Waals surface area contributed by atoms with E-state index in [-0.39, 0.29) is 5.41 Å². The third kappa shape index (κ3) is 5.84. The molecule has 11 rings (SSSR count). The molecule has 1 aromatic heterocycles. The maximum absolute atomic E-state index is 2.55. The lowest BCUT2D eigenvalue weighted by Crippen LogP contribution is -2.14. The number of rotatable bonds is 7. The topological polar surface area (TPSA) is 4.93 Å². The van der Waals surface area contributed by atoms with Crippen LogP contribution in [0.5, 0.6) is 0 Å². The summed E-state index contributed by atoms with van der Waals surface area (Å²) in [5.74, 6) is 0. The fourth-order valence-electron chi connectivity index (χ4n) is 9.79. The average molecular weight is 754 g/mol. The minimum Gasteiger partial charge on any atom is -0.336 e. The molecule has 1 heteroatoms. The van der Waals surface area contributed by atoms with Crippen LogP contribution in [-0.4, -0.2) is 4.57 Å². The van der Waals surface area contributed by atoms with Crippen LogP contribution in [0.4, 0.5) is 0 Å². The highest BCUT2D eigenvalue weighted by Gasteiger charge is 2.35. The lowest BCUT2D eigenvalue weighted by Gasteiger charge is -2.21. The van der Waals surface area contributed by atoms with Crippen molar-refractivity contribution in [1.29, 1.82) is 0 Å². The molecule has 0 unspecified atom stereocenters. The standard InChI is InChI=1S/C58H43N/c1-58(2)53-26-12-11-23-50(53)52-38-45(31-33-54(52)58)44-20-13-21-46(37-44)49-24-14-25-51-56-48-22-10-9-19-42(48)32-34-55(56)59(57(49)51)36-35-47(41-17-7-4-8-18-41)43-29-27-40(28-30-43)39-15-5-3-6-16-39/h3-35,37-38H,36H2,1-2H3/b47-35+. The SMILES string of the molecule is CC1(C)c2ccccc2-c2cc(-c3cccc(-c4cccc5c6c7ccccc7ccc6n(C/C=C(\c6ccccc6)c6ccc(-c7ccccc7)cc6)c45)c3)ccc21. The Morgan fingerprint density at radius 2 is 1.03 bits per heavy atom. The number of benzene rings is 9. The summed E-state index contributed by atoms with van der Waals surface area (Å²) >= 11 is 0. The largest absolute Gasteiger partial charge is 0.336 e. The Bertz CT molecular complexity index is 3230. The highest BCUT2D eigenvalue weighted by atomic mass is 15.0. The van der Waals surface area contributed by atoms with E-state index in [1.54, 1.807) is 0 Å². The summed E-state index contributed by atoms with van der Waals surface area (Å²) in [4.78, 5) is 0. The van der Waals surface area contributed by atoms with Gasteiger partial charge < -0.3 is 4.57 Å². The summed E-state index contributed by atoms with van der Waals surface area (Å²) in [5.41, 5.74) is 19.0. The van der Waals surface area contributed by atoms with E-state index in [9.17, 15) is 0 Å². The van der Waals surface area contributed by atoms with E-state index in [0.29, 0.717) is 6.54 Å². The first-order valence-electron chi connectivity index (χ1n) is 20.7. The zero-order valence-electron chi connectivity index (χ0n) is 33.4. The van der Waals surface area contributed by atoms with Crippen LogP contribution >= 0.6 is 0 Å². The van der Waals surface area contributed by atoms with Crippen molar-refractivity contribution in [2.45, 2.75) is 25.8 Å². The van der Waals surface area contributed by atoms with Crippen LogP contribution in [0.2, 0.25) is 0 Å². The van der Waals surface area contributed by atoms with Gasteiger partial charge in [-0.2, -0.15) is 0 Å². The highest BCUT2D eigenvalue weighted by Crippen LogP contribution is 2.50. The Morgan fingerprint density at radius 1 is 0.441 bits per heavy atom. The molecule has 0 N–H and O–H groups in total. The summed E-state index contributed by atoms with van der Waals surface area (Å²) in [5, 5.41) is 5.12. The Kier molecular flexibility index (Phi) is 8.31. The number of hydrogen-bond donors (Lipinski definition) is 0. The van der Waals surface area contributed by atoms with Crippen molar-refractivity contribution in [3.63, 3.8) is 0 Å². The van der Waals surface area contributed by atoms with Crippen molar-refractivity contribution >= 4 is 38.2 Å². The van der Waals surface area contributed by atoms with Gasteiger partial charge in [0.2, 0.25) is 0 Å². The van der Waals surface area contributed by atoms with Gasteiger partial charge >= 0.3 is 0 Å². The molecule has 0 saturated carbocycles. The molecule has 0 aliphatic heterocycles. The van der Waals surface area contributed by atoms with Crippen molar-refractivity contribution in [3.05, 3.63) is 235 Å². The predicted molar refractivity (Wildman–Crippen MR) is 251 cm³/mol. The Morgan fingerprint density at radius 3 is 1.88 bits per heavy atom. The van der Waals surface area contributed by atoms with E-state index in [1.807, 2.05) is 0 Å². The number of nitrogens with zero attached hydrogens (tertiary/aromatic N) is 1. The van der Waals surface area contributed by atoms with E-state index in [4.69, 9.17) is 0 Å². The first-order chi connectivity index (χ1) is 29.0. The molecule has 0 atom stereocenters. The third-order valence-corrected chi connectivity index (χ3v) is 12.7. The molecule has 1 nitrogen and oxygen atoms in total. The zero-order chi connectivity index (χ0) is 39.5. The average Bonchev–Trinajstić information content (AvgIpc) is 3.75. The summed E-state index contributed by atoms with van der Waals surface area (Å²) in [6.07, 6.45) is 2.43. The normalized spacial score (nSPS) is 13.2. The van der Waals surface area contributed by atoms with Crippen molar-refractivity contribution < 1.29 is 0 Å². The van der Waals surface area contributed by atoms with Crippen LogP contribution in [-0.2, 0) is 12.0 Å². The number of aromatic nitrogens is 1. The Labute approximate surface area is 346 Å². The van der Waals surface area contributed by atoms with Gasteiger partial charge in [-0.05, 0) is 95.7 Å². The van der Waals surface area contributed by atoms with Gasteiger partial charge in [0.05, 0.1) is 11.0 Å². The summed E-state index contributed by atoms with van der Waals surface area (Å²) in [6, 6.07) is 75.9. The fraction of sp³-hybridized carbons (Fsp3) is 0.0690. The summed E-state index contributed by atoms with van der Waals surface area (Å²) < 4.78 is 2.55. The van der Waals surface area contributed by atoms with Crippen LogP contribution in [0.3, 0.4) is 0 Å². The van der Waals surface area contributed by atoms with Crippen LogP contribution in [0.15, 0.2) is 212 Å². The Balaban J connectivity index is 1.08. The Hall–Kier alpha value is -7.22. The van der Waals surface area contributed by atoms with E-state index in [2.05, 4.69) is 231 Å². The number of para-hydroxylation sites is 1. The maximum atomic E-state index is 2.55. The first-order valence-corrected chi connectivity index (χ1v) is 20.7. The van der Waals surface area contributed by atoms with Crippen LogP contribution in [0, 0.1) is 0 Å². The second kappa shape index (κ2) is 14.0. The molecule has 280 valence electrons. The van der Waals surface area contributed by atoms with Crippen LogP contribution < -0.4 is 0 Å². The molecule has 0 amide bonds. The van der Waals surface area contributed by atoms with Crippen molar-refractivity contribution in [3.8, 4) is 44.5 Å². The quantitative estimate of drug-likeness (QED) is 0.153. The highest BCUT2D eigenvalue weighted by molar-refractivity contribution is 6.22. The molecule has 0 spiro atoms. The van der Waals surface area contributed by atoms with E-state index in [0.717, 1.165) is 0 Å². The summed E-state index contributed by atoms with van der Waals surface area (Å²) in [7, 11) is 0. The molecular formula is C58H43N. The molecule has 9 aromatic carbocycles. The first kappa shape index (κ1) is 35.0. The molecule has 0 bridgehead atoms. The molecule has 0 radical (unpaired) electrons. The van der Waals surface area contributed by atoms with Gasteiger partial charge in [-0.25, -0.2) is 0 Å². The van der Waals surface area contributed by atoms with Gasteiger partial charge in [-0.1, -0.05) is 208 Å². The van der Waals surface area contributed by atoms with Gasteiger partial charge in [0.15, 0.2) is 0 Å². The maximum Gasteiger partial charge on any atom is 0.0574 e. The molecule has 1 heterocycles. The lowest BCUT2D eigenvalue weighted by atomic mass is 9.82.